The van der Waals surface area contributed by atoms with Crippen molar-refractivity contribution in [3.8, 4) is 17.2 Å². The molecular formula is C27H24N2O2. The molecule has 4 heteroatoms. The van der Waals surface area contributed by atoms with Crippen molar-refractivity contribution >= 4 is 12.2 Å². The lowest BCUT2D eigenvalue weighted by molar-refractivity contribution is 0.143. The molecule has 3 aromatic rings. The Morgan fingerprint density at radius 3 is 2.39 bits per heavy atom. The van der Waals surface area contributed by atoms with Gasteiger partial charge in [0.05, 0.1) is 11.6 Å². The summed E-state index contributed by atoms with van der Waals surface area (Å²) < 4.78 is 5.54. The number of alkyl carbamates (subject to hydrolysis) is 1. The van der Waals surface area contributed by atoms with Crippen LogP contribution in [0.4, 0.5) is 4.79 Å². The molecule has 1 aliphatic rings. The van der Waals surface area contributed by atoms with Crippen LogP contribution in [-0.2, 0) is 4.74 Å². The molecule has 0 saturated heterocycles. The van der Waals surface area contributed by atoms with E-state index in [1.165, 1.54) is 22.3 Å². The van der Waals surface area contributed by atoms with Crippen molar-refractivity contribution in [1.82, 2.24) is 5.32 Å². The van der Waals surface area contributed by atoms with Gasteiger partial charge in [-0.2, -0.15) is 5.26 Å². The van der Waals surface area contributed by atoms with Crippen molar-refractivity contribution < 1.29 is 9.53 Å². The molecule has 31 heavy (non-hydrogen) atoms. The topological polar surface area (TPSA) is 62.1 Å². The highest BCUT2D eigenvalue weighted by Gasteiger charge is 2.28. The monoisotopic (exact) mass is 408 g/mol. The first-order chi connectivity index (χ1) is 15.2. The van der Waals surface area contributed by atoms with E-state index in [9.17, 15) is 10.1 Å². The molecule has 154 valence electrons. The van der Waals surface area contributed by atoms with E-state index >= 15 is 0 Å². The molecule has 0 fully saturated rings. The van der Waals surface area contributed by atoms with Gasteiger partial charge in [0.15, 0.2) is 0 Å². The number of amides is 1. The summed E-state index contributed by atoms with van der Waals surface area (Å²) in [7, 11) is 0. The van der Waals surface area contributed by atoms with Gasteiger partial charge in [-0.3, -0.25) is 0 Å². The van der Waals surface area contributed by atoms with Crippen molar-refractivity contribution in [2.24, 2.45) is 0 Å². The second-order valence-electron chi connectivity index (χ2n) is 7.59. The molecule has 0 spiro atoms. The largest absolute Gasteiger partial charge is 0.449 e. The lowest BCUT2D eigenvalue weighted by atomic mass is 9.98. The highest BCUT2D eigenvalue weighted by molar-refractivity contribution is 5.79. The number of nitrogens with zero attached hydrogens (tertiary/aromatic N) is 1. The van der Waals surface area contributed by atoms with Gasteiger partial charge in [-0.25, -0.2) is 4.79 Å². The number of fused-ring (bicyclic) bond motifs is 3. The van der Waals surface area contributed by atoms with Crippen LogP contribution in [0.25, 0.3) is 17.2 Å². The molecule has 1 N–H and O–H groups in total. The van der Waals surface area contributed by atoms with Crippen LogP contribution in [0.5, 0.6) is 0 Å². The Bertz CT molecular complexity index is 1130. The fraction of sp³-hybridized carbons (Fsp3) is 0.185. The summed E-state index contributed by atoms with van der Waals surface area (Å²) in [5.41, 5.74) is 7.46. The molecular weight excluding hydrogens is 384 g/mol. The van der Waals surface area contributed by atoms with Crippen LogP contribution in [0.1, 0.15) is 40.2 Å². The zero-order chi connectivity index (χ0) is 21.6. The van der Waals surface area contributed by atoms with Gasteiger partial charge in [-0.1, -0.05) is 72.8 Å². The molecule has 1 aliphatic carbocycles. The number of carbonyl (C=O) groups is 1. The molecule has 4 nitrogen and oxygen atoms in total. The van der Waals surface area contributed by atoms with E-state index in [2.05, 4.69) is 35.7 Å². The third-order valence-corrected chi connectivity index (χ3v) is 5.65. The summed E-state index contributed by atoms with van der Waals surface area (Å²) in [5, 5.41) is 12.0. The number of nitrogens with one attached hydrogen (secondary N) is 1. The first kappa shape index (κ1) is 20.4. The molecule has 1 amide bonds. The maximum atomic E-state index is 12.2. The normalized spacial score (nSPS) is 12.3. The first-order valence-electron chi connectivity index (χ1n) is 10.4. The standard InChI is InChI=1S/C27H24N2O2/c1-19-9-8-10-20(17-28)21(19)11-6-7-16-29-27(30)31-18-26-24-14-4-2-12-22(24)23-13-3-5-15-25(23)26/h2-6,8-15,26H,7,16,18H2,1H3,(H,29,30). The maximum absolute atomic E-state index is 12.2. The van der Waals surface area contributed by atoms with Crippen LogP contribution in [0.15, 0.2) is 72.8 Å². The zero-order valence-electron chi connectivity index (χ0n) is 17.5. The number of nitriles is 1. The van der Waals surface area contributed by atoms with E-state index in [1.807, 2.05) is 61.5 Å². The lowest BCUT2D eigenvalue weighted by Crippen LogP contribution is -2.26. The lowest BCUT2D eigenvalue weighted by Gasteiger charge is -2.14. The van der Waals surface area contributed by atoms with E-state index in [1.54, 1.807) is 0 Å². The highest BCUT2D eigenvalue weighted by Crippen LogP contribution is 2.44. The number of carbonyl (C=O) groups excluding carboxylic acids is 1. The minimum absolute atomic E-state index is 0.0588. The highest BCUT2D eigenvalue weighted by atomic mass is 16.5. The fourth-order valence-corrected chi connectivity index (χ4v) is 4.11. The van der Waals surface area contributed by atoms with Gasteiger partial charge in [0.1, 0.15) is 6.61 Å². The van der Waals surface area contributed by atoms with Gasteiger partial charge >= 0.3 is 6.09 Å². The Hall–Kier alpha value is -3.84. The van der Waals surface area contributed by atoms with Crippen LogP contribution in [0, 0.1) is 18.3 Å². The summed E-state index contributed by atoms with van der Waals surface area (Å²) in [6, 6.07) is 24.4. The molecule has 0 saturated carbocycles. The van der Waals surface area contributed by atoms with E-state index in [-0.39, 0.29) is 5.92 Å². The Morgan fingerprint density at radius 1 is 1.03 bits per heavy atom. The quantitative estimate of drug-likeness (QED) is 0.524. The van der Waals surface area contributed by atoms with Gasteiger partial charge in [-0.05, 0) is 52.8 Å². The smallest absolute Gasteiger partial charge is 0.407 e. The predicted octanol–water partition coefficient (Wildman–Crippen LogP) is 5.81. The van der Waals surface area contributed by atoms with Gasteiger partial charge in [0.2, 0.25) is 0 Å². The van der Waals surface area contributed by atoms with Crippen LogP contribution in [-0.4, -0.2) is 19.2 Å². The average Bonchev–Trinajstić information content (AvgIpc) is 3.12. The van der Waals surface area contributed by atoms with Crippen molar-refractivity contribution in [2.75, 3.05) is 13.2 Å². The zero-order valence-corrected chi connectivity index (χ0v) is 17.5. The Morgan fingerprint density at radius 2 is 1.71 bits per heavy atom. The van der Waals surface area contributed by atoms with Gasteiger partial charge in [0, 0.05) is 12.5 Å². The molecule has 0 heterocycles. The maximum Gasteiger partial charge on any atom is 0.407 e. The summed E-state index contributed by atoms with van der Waals surface area (Å²) in [5.74, 6) is 0.0588. The number of hydrogen-bond acceptors (Lipinski definition) is 3. The van der Waals surface area contributed by atoms with Gasteiger partial charge in [-0.15, -0.1) is 0 Å². The predicted molar refractivity (Wildman–Crippen MR) is 123 cm³/mol. The molecule has 3 aromatic carbocycles. The number of rotatable bonds is 6. The number of benzene rings is 3. The number of aryl methyl sites for hydroxylation is 1. The van der Waals surface area contributed by atoms with Crippen molar-refractivity contribution in [2.45, 2.75) is 19.3 Å². The SMILES string of the molecule is Cc1cccc(C#N)c1C=CCCNC(=O)OCC1c2ccccc2-c2ccccc21. The molecule has 0 unspecified atom stereocenters. The minimum atomic E-state index is -0.413. The molecule has 4 rings (SSSR count). The van der Waals surface area contributed by atoms with Crippen molar-refractivity contribution in [3.63, 3.8) is 0 Å². The van der Waals surface area contributed by atoms with Crippen molar-refractivity contribution in [3.05, 3.63) is 101 Å². The van der Waals surface area contributed by atoms with E-state index < -0.39 is 6.09 Å². The Balaban J connectivity index is 1.30. The molecule has 0 aromatic heterocycles. The average molecular weight is 409 g/mol. The van der Waals surface area contributed by atoms with Crippen LogP contribution >= 0.6 is 0 Å². The third kappa shape index (κ3) is 4.36. The summed E-state index contributed by atoms with van der Waals surface area (Å²) in [6.07, 6.45) is 4.15. The summed E-state index contributed by atoms with van der Waals surface area (Å²) in [4.78, 5) is 12.2. The van der Waals surface area contributed by atoms with E-state index in [0.717, 1.165) is 11.1 Å². The Kier molecular flexibility index (Phi) is 6.14. The Labute approximate surface area is 182 Å². The fourth-order valence-electron chi connectivity index (χ4n) is 4.11. The van der Waals surface area contributed by atoms with Gasteiger partial charge < -0.3 is 10.1 Å². The molecule has 0 radical (unpaired) electrons. The summed E-state index contributed by atoms with van der Waals surface area (Å²) >= 11 is 0. The molecule has 0 aliphatic heterocycles. The first-order valence-corrected chi connectivity index (χ1v) is 10.4. The number of hydrogen-bond donors (Lipinski definition) is 1. The van der Waals surface area contributed by atoms with Gasteiger partial charge in [0.25, 0.3) is 0 Å². The molecule has 0 bridgehead atoms. The van der Waals surface area contributed by atoms with Crippen LogP contribution < -0.4 is 5.32 Å². The van der Waals surface area contributed by atoms with E-state index in [4.69, 9.17) is 4.74 Å². The van der Waals surface area contributed by atoms with Crippen LogP contribution in [0.2, 0.25) is 0 Å². The summed E-state index contributed by atoms with van der Waals surface area (Å²) in [6.45, 7) is 2.76. The third-order valence-electron chi connectivity index (χ3n) is 5.65. The number of ether oxygens (including phenoxy) is 1. The van der Waals surface area contributed by atoms with E-state index in [0.29, 0.717) is 25.1 Å². The second kappa shape index (κ2) is 9.32. The van der Waals surface area contributed by atoms with Crippen LogP contribution in [0.3, 0.4) is 0 Å². The second-order valence-corrected chi connectivity index (χ2v) is 7.59. The van der Waals surface area contributed by atoms with Crippen molar-refractivity contribution in [1.29, 1.82) is 5.26 Å². The molecule has 0 atom stereocenters. The minimum Gasteiger partial charge on any atom is -0.449 e.